The number of methoxy groups -OCH3 is 2. The van der Waals surface area contributed by atoms with Crippen molar-refractivity contribution in [3.05, 3.63) is 42.0 Å². The fourth-order valence-corrected chi connectivity index (χ4v) is 2.72. The second-order valence-electron chi connectivity index (χ2n) is 6.16. The molecule has 0 unspecified atom stereocenters. The van der Waals surface area contributed by atoms with Crippen LogP contribution in [0.4, 0.5) is 4.79 Å². The number of carbonyl (C=O) groups excluding carboxylic acids is 1. The molecule has 1 atom stereocenters. The van der Waals surface area contributed by atoms with Gasteiger partial charge in [-0.1, -0.05) is 13.0 Å². The van der Waals surface area contributed by atoms with Gasteiger partial charge in [-0.05, 0) is 31.0 Å². The minimum Gasteiger partial charge on any atom is -0.493 e. The molecular weight excluding hydrogens is 332 g/mol. The topological polar surface area (TPSA) is 68.6 Å². The Balaban J connectivity index is 2.09. The van der Waals surface area contributed by atoms with Gasteiger partial charge in [0.25, 0.3) is 0 Å². The number of amides is 2. The molecule has 7 nitrogen and oxygen atoms in total. The molecule has 0 aliphatic rings. The second kappa shape index (κ2) is 9.12. The Labute approximate surface area is 154 Å². The van der Waals surface area contributed by atoms with Crippen LogP contribution < -0.4 is 14.8 Å². The van der Waals surface area contributed by atoms with Gasteiger partial charge in [0.1, 0.15) is 5.82 Å². The maximum atomic E-state index is 12.8. The molecule has 0 aliphatic heterocycles. The summed E-state index contributed by atoms with van der Waals surface area (Å²) in [6.07, 6.45) is 4.50. The zero-order valence-electron chi connectivity index (χ0n) is 16.2. The SMILES string of the molecule is CCCN(Cc1nccn1C)C(=O)N[C@@H](C)c1ccc(OC)c(OC)c1. The Morgan fingerprint density at radius 2 is 2.04 bits per heavy atom. The number of carbonyl (C=O) groups is 1. The van der Waals surface area contributed by atoms with Crippen LogP contribution in [0.5, 0.6) is 11.5 Å². The monoisotopic (exact) mass is 360 g/mol. The summed E-state index contributed by atoms with van der Waals surface area (Å²) in [5.41, 5.74) is 0.949. The Morgan fingerprint density at radius 3 is 2.62 bits per heavy atom. The summed E-state index contributed by atoms with van der Waals surface area (Å²) in [4.78, 5) is 18.8. The van der Waals surface area contributed by atoms with Crippen LogP contribution in [-0.2, 0) is 13.6 Å². The van der Waals surface area contributed by atoms with Crippen LogP contribution in [0.25, 0.3) is 0 Å². The van der Waals surface area contributed by atoms with Gasteiger partial charge in [0.2, 0.25) is 0 Å². The van der Waals surface area contributed by atoms with Gasteiger partial charge in [-0.15, -0.1) is 0 Å². The van der Waals surface area contributed by atoms with Crippen LogP contribution in [0.3, 0.4) is 0 Å². The smallest absolute Gasteiger partial charge is 0.318 e. The maximum absolute atomic E-state index is 12.8. The molecule has 1 aromatic heterocycles. The molecular formula is C19H28N4O3. The van der Waals surface area contributed by atoms with Crippen LogP contribution in [0, 0.1) is 0 Å². The lowest BCUT2D eigenvalue weighted by atomic mass is 10.1. The van der Waals surface area contributed by atoms with Crippen LogP contribution >= 0.6 is 0 Å². The first kappa shape index (κ1) is 19.6. The summed E-state index contributed by atoms with van der Waals surface area (Å²) in [6.45, 7) is 5.14. The molecule has 0 saturated carbocycles. The van der Waals surface area contributed by atoms with E-state index in [1.54, 1.807) is 25.3 Å². The third kappa shape index (κ3) is 4.68. The zero-order valence-corrected chi connectivity index (χ0v) is 16.2. The number of hydrogen-bond acceptors (Lipinski definition) is 4. The maximum Gasteiger partial charge on any atom is 0.318 e. The number of urea groups is 1. The van der Waals surface area contributed by atoms with Crippen molar-refractivity contribution < 1.29 is 14.3 Å². The van der Waals surface area contributed by atoms with E-state index in [9.17, 15) is 4.79 Å². The first-order chi connectivity index (χ1) is 12.5. The lowest BCUT2D eigenvalue weighted by molar-refractivity contribution is 0.190. The lowest BCUT2D eigenvalue weighted by Crippen LogP contribution is -2.41. The Morgan fingerprint density at radius 1 is 1.31 bits per heavy atom. The number of nitrogens with one attached hydrogen (secondary N) is 1. The fraction of sp³-hybridized carbons (Fsp3) is 0.474. The van der Waals surface area contributed by atoms with Crippen molar-refractivity contribution in [2.75, 3.05) is 20.8 Å². The number of nitrogens with zero attached hydrogens (tertiary/aromatic N) is 3. The molecule has 2 amide bonds. The number of imidazole rings is 1. The van der Waals surface area contributed by atoms with E-state index in [0.29, 0.717) is 24.6 Å². The Kier molecular flexibility index (Phi) is 6.89. The van der Waals surface area contributed by atoms with Crippen LogP contribution in [0.1, 0.15) is 37.7 Å². The number of hydrogen-bond donors (Lipinski definition) is 1. The predicted octanol–water partition coefficient (Wildman–Crippen LogP) is 3.12. The molecule has 2 rings (SSSR count). The molecule has 0 fully saturated rings. The molecule has 0 saturated heterocycles. The Hall–Kier alpha value is -2.70. The molecule has 142 valence electrons. The largest absolute Gasteiger partial charge is 0.493 e. The molecule has 0 spiro atoms. The average molecular weight is 360 g/mol. The highest BCUT2D eigenvalue weighted by molar-refractivity contribution is 5.74. The number of aryl methyl sites for hydroxylation is 1. The number of aromatic nitrogens is 2. The van der Waals surface area contributed by atoms with E-state index < -0.39 is 0 Å². The second-order valence-corrected chi connectivity index (χ2v) is 6.16. The molecule has 0 bridgehead atoms. The van der Waals surface area contributed by atoms with E-state index in [2.05, 4.69) is 17.2 Å². The quantitative estimate of drug-likeness (QED) is 0.785. The van der Waals surface area contributed by atoms with Crippen molar-refractivity contribution in [2.45, 2.75) is 32.9 Å². The predicted molar refractivity (Wildman–Crippen MR) is 100 cm³/mol. The number of ether oxygens (including phenoxy) is 2. The van der Waals surface area contributed by atoms with Gasteiger partial charge in [0, 0.05) is 26.0 Å². The van der Waals surface area contributed by atoms with Crippen molar-refractivity contribution in [3.63, 3.8) is 0 Å². The van der Waals surface area contributed by atoms with E-state index >= 15 is 0 Å². The van der Waals surface area contributed by atoms with Crippen molar-refractivity contribution >= 4 is 6.03 Å². The van der Waals surface area contributed by atoms with E-state index in [1.165, 1.54) is 0 Å². The summed E-state index contributed by atoms with van der Waals surface area (Å²) in [6, 6.07) is 5.37. The summed E-state index contributed by atoms with van der Waals surface area (Å²) in [5, 5.41) is 3.06. The standard InChI is InChI=1S/C19H28N4O3/c1-6-10-23(13-18-20-9-11-22(18)3)19(24)21-14(2)15-7-8-16(25-4)17(12-15)26-5/h7-9,11-12,14H,6,10,13H2,1-5H3,(H,21,24)/t14-/m0/s1. The van der Waals surface area contributed by atoms with E-state index in [-0.39, 0.29) is 12.1 Å². The third-order valence-electron chi connectivity index (χ3n) is 4.28. The highest BCUT2D eigenvalue weighted by Gasteiger charge is 2.19. The Bertz CT molecular complexity index is 729. The minimum atomic E-state index is -0.164. The van der Waals surface area contributed by atoms with Gasteiger partial charge >= 0.3 is 6.03 Å². The molecule has 0 aliphatic carbocycles. The van der Waals surface area contributed by atoms with Crippen molar-refractivity contribution in [3.8, 4) is 11.5 Å². The van der Waals surface area contributed by atoms with Gasteiger partial charge in [-0.3, -0.25) is 0 Å². The summed E-state index contributed by atoms with van der Waals surface area (Å²) >= 11 is 0. The van der Waals surface area contributed by atoms with E-state index in [1.807, 2.05) is 42.9 Å². The van der Waals surface area contributed by atoms with Gasteiger partial charge in [0.05, 0.1) is 26.8 Å². The van der Waals surface area contributed by atoms with E-state index in [0.717, 1.165) is 17.8 Å². The molecule has 1 N–H and O–H groups in total. The lowest BCUT2D eigenvalue weighted by Gasteiger charge is -2.25. The molecule has 26 heavy (non-hydrogen) atoms. The average Bonchev–Trinajstić information content (AvgIpc) is 3.05. The first-order valence-electron chi connectivity index (χ1n) is 8.73. The normalized spacial score (nSPS) is 11.7. The molecule has 7 heteroatoms. The van der Waals surface area contributed by atoms with Crippen LogP contribution in [0.2, 0.25) is 0 Å². The molecule has 1 heterocycles. The first-order valence-corrected chi connectivity index (χ1v) is 8.73. The summed E-state index contributed by atoms with van der Waals surface area (Å²) < 4.78 is 12.5. The van der Waals surface area contributed by atoms with Crippen LogP contribution in [-0.4, -0.2) is 41.2 Å². The fourth-order valence-electron chi connectivity index (χ4n) is 2.72. The highest BCUT2D eigenvalue weighted by atomic mass is 16.5. The summed E-state index contributed by atoms with van der Waals surface area (Å²) in [7, 11) is 5.13. The summed E-state index contributed by atoms with van der Waals surface area (Å²) in [5.74, 6) is 2.16. The van der Waals surface area contributed by atoms with Crippen molar-refractivity contribution in [1.82, 2.24) is 19.8 Å². The third-order valence-corrected chi connectivity index (χ3v) is 4.28. The zero-order chi connectivity index (χ0) is 19.1. The molecule has 2 aromatic rings. The van der Waals surface area contributed by atoms with Gasteiger partial charge < -0.3 is 24.3 Å². The molecule has 1 aromatic carbocycles. The van der Waals surface area contributed by atoms with E-state index in [4.69, 9.17) is 9.47 Å². The highest BCUT2D eigenvalue weighted by Crippen LogP contribution is 2.29. The van der Waals surface area contributed by atoms with Gasteiger partial charge in [0.15, 0.2) is 11.5 Å². The van der Waals surface area contributed by atoms with Crippen LogP contribution in [0.15, 0.2) is 30.6 Å². The van der Waals surface area contributed by atoms with Crippen molar-refractivity contribution in [1.29, 1.82) is 0 Å². The minimum absolute atomic E-state index is 0.114. The number of rotatable bonds is 8. The van der Waals surface area contributed by atoms with Gasteiger partial charge in [-0.25, -0.2) is 9.78 Å². The number of benzene rings is 1. The van der Waals surface area contributed by atoms with Gasteiger partial charge in [-0.2, -0.15) is 0 Å². The molecule has 0 radical (unpaired) electrons. The van der Waals surface area contributed by atoms with Crippen molar-refractivity contribution in [2.24, 2.45) is 7.05 Å².